The van der Waals surface area contributed by atoms with Crippen LogP contribution >= 0.6 is 11.7 Å². The second-order valence-corrected chi connectivity index (χ2v) is 6.28. The Bertz CT molecular complexity index is 1090. The highest BCUT2D eigenvalue weighted by atomic mass is 32.1. The Labute approximate surface area is 158 Å². The minimum Gasteiger partial charge on any atom is -0.368 e. The number of aryl methyl sites for hydroxylation is 1. The predicted octanol–water partition coefficient (Wildman–Crippen LogP) is 1.82. The Balaban J connectivity index is 1.32. The van der Waals surface area contributed by atoms with Crippen LogP contribution in [0.25, 0.3) is 16.9 Å². The zero-order valence-corrected chi connectivity index (χ0v) is 15.3. The summed E-state index contributed by atoms with van der Waals surface area (Å²) in [5.74, 6) is 2.11. The molecule has 0 aliphatic rings. The Kier molecular flexibility index (Phi) is 4.71. The molecule has 3 heterocycles. The predicted molar refractivity (Wildman–Crippen MR) is 102 cm³/mol. The lowest BCUT2D eigenvalue weighted by molar-refractivity contribution is 0.0955. The number of hydrogen-bond acceptors (Lipinski definition) is 8. The third kappa shape index (κ3) is 3.75. The van der Waals surface area contributed by atoms with Gasteiger partial charge < -0.3 is 10.6 Å². The number of carbonyl (C=O) groups is 1. The van der Waals surface area contributed by atoms with E-state index in [9.17, 15) is 4.79 Å². The first-order chi connectivity index (χ1) is 13.2. The molecule has 27 heavy (non-hydrogen) atoms. The number of hydrogen-bond donors (Lipinski definition) is 2. The number of aromatic nitrogens is 6. The highest BCUT2D eigenvalue weighted by Gasteiger charge is 2.08. The van der Waals surface area contributed by atoms with Gasteiger partial charge in [0.2, 0.25) is 0 Å². The summed E-state index contributed by atoms with van der Waals surface area (Å²) < 4.78 is 10.2. The summed E-state index contributed by atoms with van der Waals surface area (Å²) in [6.07, 6.45) is 5.06. The molecule has 4 rings (SSSR count). The smallest absolute Gasteiger partial charge is 0.251 e. The summed E-state index contributed by atoms with van der Waals surface area (Å²) in [5, 5.41) is 6.05. The van der Waals surface area contributed by atoms with Crippen molar-refractivity contribution in [2.24, 2.45) is 0 Å². The van der Waals surface area contributed by atoms with E-state index < -0.39 is 0 Å². The second kappa shape index (κ2) is 7.46. The average Bonchev–Trinajstić information content (AvgIpc) is 3.33. The first-order valence-corrected chi connectivity index (χ1v) is 9.00. The van der Waals surface area contributed by atoms with Crippen molar-refractivity contribution in [3.63, 3.8) is 0 Å². The molecule has 1 aromatic carbocycles. The lowest BCUT2D eigenvalue weighted by Crippen LogP contribution is -2.28. The number of carbonyl (C=O) groups excluding carboxylic acids is 1. The third-order valence-corrected chi connectivity index (χ3v) is 4.51. The van der Waals surface area contributed by atoms with Gasteiger partial charge in [0.25, 0.3) is 5.91 Å². The van der Waals surface area contributed by atoms with Gasteiger partial charge in [0.15, 0.2) is 0 Å². The van der Waals surface area contributed by atoms with Crippen LogP contribution in [0.2, 0.25) is 0 Å². The van der Waals surface area contributed by atoms with E-state index in [2.05, 4.69) is 34.3 Å². The molecule has 9 nitrogen and oxygen atoms in total. The summed E-state index contributed by atoms with van der Waals surface area (Å²) in [4.78, 5) is 24.9. The SMILES string of the molecule is Cc1nccn1-c1cc(NCCNC(=O)c2ccc3nsnc3c2)ncn1. The van der Waals surface area contributed by atoms with Crippen molar-refractivity contribution in [1.29, 1.82) is 0 Å². The molecule has 136 valence electrons. The molecule has 0 atom stereocenters. The molecular formula is C17H16N8OS. The Morgan fingerprint density at radius 2 is 2.00 bits per heavy atom. The standard InChI is InChI=1S/C17H16N8OS/c1-11-18-6-7-25(11)16-9-15(21-10-22-16)19-4-5-20-17(26)12-2-3-13-14(8-12)24-27-23-13/h2-3,6-10H,4-5H2,1H3,(H,20,26)(H,19,21,22). The van der Waals surface area contributed by atoms with Gasteiger partial charge in [0.1, 0.15) is 34.8 Å². The van der Waals surface area contributed by atoms with Gasteiger partial charge in [-0.2, -0.15) is 8.75 Å². The number of rotatable bonds is 6. The van der Waals surface area contributed by atoms with E-state index >= 15 is 0 Å². The van der Waals surface area contributed by atoms with Crippen LogP contribution in [-0.2, 0) is 0 Å². The molecule has 1 amide bonds. The molecule has 0 radical (unpaired) electrons. The van der Waals surface area contributed by atoms with Gasteiger partial charge in [-0.1, -0.05) is 0 Å². The van der Waals surface area contributed by atoms with Crippen LogP contribution < -0.4 is 10.6 Å². The minimum absolute atomic E-state index is 0.149. The van der Waals surface area contributed by atoms with Crippen LogP contribution in [0.1, 0.15) is 16.2 Å². The molecule has 10 heteroatoms. The van der Waals surface area contributed by atoms with Crippen molar-refractivity contribution in [1.82, 2.24) is 33.6 Å². The van der Waals surface area contributed by atoms with E-state index in [-0.39, 0.29) is 5.91 Å². The Morgan fingerprint density at radius 1 is 1.11 bits per heavy atom. The van der Waals surface area contributed by atoms with E-state index in [1.54, 1.807) is 24.4 Å². The lowest BCUT2D eigenvalue weighted by Gasteiger charge is -2.09. The van der Waals surface area contributed by atoms with Gasteiger partial charge >= 0.3 is 0 Å². The van der Waals surface area contributed by atoms with Gasteiger partial charge in [-0.3, -0.25) is 9.36 Å². The summed E-state index contributed by atoms with van der Waals surface area (Å²) in [5.41, 5.74) is 2.09. The van der Waals surface area contributed by atoms with Gasteiger partial charge in [-0.05, 0) is 25.1 Å². The fraction of sp³-hybridized carbons (Fsp3) is 0.176. The second-order valence-electron chi connectivity index (χ2n) is 5.76. The molecule has 0 saturated carbocycles. The highest BCUT2D eigenvalue weighted by molar-refractivity contribution is 7.00. The van der Waals surface area contributed by atoms with Gasteiger partial charge in [0, 0.05) is 37.1 Å². The quantitative estimate of drug-likeness (QED) is 0.491. The van der Waals surface area contributed by atoms with Crippen LogP contribution in [0, 0.1) is 6.92 Å². The van der Waals surface area contributed by atoms with Crippen molar-refractivity contribution in [3.8, 4) is 5.82 Å². The summed E-state index contributed by atoms with van der Waals surface area (Å²) in [6.45, 7) is 2.89. The highest BCUT2D eigenvalue weighted by Crippen LogP contribution is 2.13. The fourth-order valence-electron chi connectivity index (χ4n) is 2.59. The zero-order valence-electron chi connectivity index (χ0n) is 14.5. The zero-order chi connectivity index (χ0) is 18.6. The van der Waals surface area contributed by atoms with Crippen LogP contribution in [-0.4, -0.2) is 47.3 Å². The van der Waals surface area contributed by atoms with Gasteiger partial charge in [0.05, 0.1) is 11.7 Å². The number of anilines is 1. The lowest BCUT2D eigenvalue weighted by atomic mass is 10.2. The summed E-state index contributed by atoms with van der Waals surface area (Å²) in [6, 6.07) is 7.12. The number of nitrogens with zero attached hydrogens (tertiary/aromatic N) is 6. The van der Waals surface area contributed by atoms with Crippen LogP contribution in [0.4, 0.5) is 5.82 Å². The molecule has 4 aromatic rings. The molecule has 0 fully saturated rings. The van der Waals surface area contributed by atoms with Crippen LogP contribution in [0.3, 0.4) is 0 Å². The number of amides is 1. The fourth-order valence-corrected chi connectivity index (χ4v) is 3.10. The van der Waals surface area contributed by atoms with E-state index in [0.717, 1.165) is 34.4 Å². The van der Waals surface area contributed by atoms with Crippen molar-refractivity contribution < 1.29 is 4.79 Å². The largest absolute Gasteiger partial charge is 0.368 e. The minimum atomic E-state index is -0.149. The molecule has 3 aromatic heterocycles. The van der Waals surface area contributed by atoms with E-state index in [0.29, 0.717) is 24.5 Å². The van der Waals surface area contributed by atoms with Crippen molar-refractivity contribution >= 4 is 34.5 Å². The third-order valence-electron chi connectivity index (χ3n) is 3.96. The Hall–Kier alpha value is -3.40. The van der Waals surface area contributed by atoms with E-state index in [4.69, 9.17) is 0 Å². The molecule has 0 spiro atoms. The maximum absolute atomic E-state index is 12.2. The molecule has 0 unspecified atom stereocenters. The van der Waals surface area contributed by atoms with Crippen molar-refractivity contribution in [2.75, 3.05) is 18.4 Å². The Morgan fingerprint density at radius 3 is 2.85 bits per heavy atom. The molecule has 0 bridgehead atoms. The van der Waals surface area contributed by atoms with Crippen LogP contribution in [0.15, 0.2) is 43.0 Å². The normalized spacial score (nSPS) is 10.9. The number of fused-ring (bicyclic) bond motifs is 1. The number of imidazole rings is 1. The van der Waals surface area contributed by atoms with Crippen LogP contribution in [0.5, 0.6) is 0 Å². The van der Waals surface area contributed by atoms with Gasteiger partial charge in [-0.25, -0.2) is 15.0 Å². The van der Waals surface area contributed by atoms with E-state index in [1.165, 1.54) is 6.33 Å². The first kappa shape index (κ1) is 17.0. The monoisotopic (exact) mass is 380 g/mol. The molecule has 2 N–H and O–H groups in total. The number of nitrogens with one attached hydrogen (secondary N) is 2. The average molecular weight is 380 g/mol. The topological polar surface area (TPSA) is 111 Å². The van der Waals surface area contributed by atoms with Crippen molar-refractivity contribution in [3.05, 3.63) is 54.4 Å². The summed E-state index contributed by atoms with van der Waals surface area (Å²) >= 11 is 1.13. The maximum Gasteiger partial charge on any atom is 0.251 e. The first-order valence-electron chi connectivity index (χ1n) is 8.27. The molecular weight excluding hydrogens is 364 g/mol. The maximum atomic E-state index is 12.2. The van der Waals surface area contributed by atoms with Gasteiger partial charge in [-0.15, -0.1) is 0 Å². The molecule has 0 aliphatic heterocycles. The molecule has 0 aliphatic carbocycles. The number of benzene rings is 1. The van der Waals surface area contributed by atoms with E-state index in [1.807, 2.05) is 23.8 Å². The summed E-state index contributed by atoms with van der Waals surface area (Å²) in [7, 11) is 0. The molecule has 0 saturated heterocycles. The van der Waals surface area contributed by atoms with Crippen molar-refractivity contribution in [2.45, 2.75) is 6.92 Å².